The molecule has 1 aromatic heterocycles. The molecule has 5 rings (SSSR count). The quantitative estimate of drug-likeness (QED) is 0.273. The molecule has 2 aromatic carbocycles. The second-order valence-electron chi connectivity index (χ2n) is 10.1. The molecule has 1 aliphatic carbocycles. The SMILES string of the molecule is CC(C)(C)OC(=O)Nc1ccc2c(c1)S(O)(O)N=C(c1c(O)c3ccccc3n(NCC3CC3)c1=O)N2. The minimum Gasteiger partial charge on any atom is -0.506 e. The number of ether oxygens (including phenoxy) is 1. The van der Waals surface area contributed by atoms with Gasteiger partial charge in [-0.2, -0.15) is 0 Å². The van der Waals surface area contributed by atoms with E-state index < -0.39 is 28.0 Å². The van der Waals surface area contributed by atoms with Gasteiger partial charge in [0.15, 0.2) is 5.84 Å². The van der Waals surface area contributed by atoms with Crippen LogP contribution in [0.15, 0.2) is 56.6 Å². The maximum absolute atomic E-state index is 13.6. The van der Waals surface area contributed by atoms with Crippen LogP contribution in [0.1, 0.15) is 39.2 Å². The van der Waals surface area contributed by atoms with Crippen molar-refractivity contribution < 1.29 is 23.7 Å². The Hall–Kier alpha value is -3.74. The highest BCUT2D eigenvalue weighted by Gasteiger charge is 2.31. The number of aromatic nitrogens is 1. The Bertz CT molecular complexity index is 1490. The molecule has 6 N–H and O–H groups in total. The van der Waals surface area contributed by atoms with Crippen molar-refractivity contribution >= 4 is 45.0 Å². The van der Waals surface area contributed by atoms with Gasteiger partial charge in [0.05, 0.1) is 11.2 Å². The molecule has 2 heterocycles. The fourth-order valence-electron chi connectivity index (χ4n) is 4.03. The van der Waals surface area contributed by atoms with Crippen LogP contribution in [-0.4, -0.2) is 43.0 Å². The molecule has 12 heteroatoms. The molecule has 1 aliphatic heterocycles. The molecule has 11 nitrogen and oxygen atoms in total. The number of fused-ring (bicyclic) bond motifs is 2. The zero-order valence-electron chi connectivity index (χ0n) is 20.6. The molecule has 0 radical (unpaired) electrons. The van der Waals surface area contributed by atoms with Crippen LogP contribution >= 0.6 is 10.8 Å². The summed E-state index contributed by atoms with van der Waals surface area (Å²) in [5.74, 6) is -0.0100. The molecule has 196 valence electrons. The highest BCUT2D eigenvalue weighted by molar-refractivity contribution is 8.23. The third-order valence-corrected chi connectivity index (χ3v) is 7.28. The van der Waals surface area contributed by atoms with E-state index in [0.29, 0.717) is 23.4 Å². The zero-order valence-corrected chi connectivity index (χ0v) is 21.4. The van der Waals surface area contributed by atoms with Crippen molar-refractivity contribution in [1.29, 1.82) is 0 Å². The van der Waals surface area contributed by atoms with E-state index in [1.54, 1.807) is 51.1 Å². The number of hydrogen-bond acceptors (Lipinski definition) is 9. The van der Waals surface area contributed by atoms with E-state index in [4.69, 9.17) is 4.74 Å². The number of carbonyl (C=O) groups is 1. The number of rotatable bonds is 5. The van der Waals surface area contributed by atoms with Gasteiger partial charge in [0.1, 0.15) is 21.8 Å². The first kappa shape index (κ1) is 24.9. The van der Waals surface area contributed by atoms with E-state index in [1.165, 1.54) is 16.8 Å². The normalized spacial score (nSPS) is 17.3. The number of pyridine rings is 1. The van der Waals surface area contributed by atoms with Crippen molar-refractivity contribution in [3.05, 3.63) is 58.4 Å². The van der Waals surface area contributed by atoms with Crippen LogP contribution in [0.4, 0.5) is 16.2 Å². The fraction of sp³-hybridized carbons (Fsp3) is 0.320. The first-order chi connectivity index (χ1) is 17.4. The summed E-state index contributed by atoms with van der Waals surface area (Å²) >= 11 is 0. The Morgan fingerprint density at radius 1 is 1.22 bits per heavy atom. The summed E-state index contributed by atoms with van der Waals surface area (Å²) in [5.41, 5.74) is 2.71. The number of para-hydroxylation sites is 1. The largest absolute Gasteiger partial charge is 0.506 e. The second kappa shape index (κ2) is 8.98. The Labute approximate surface area is 214 Å². The minimum absolute atomic E-state index is 0.0253. The molecule has 1 fully saturated rings. The van der Waals surface area contributed by atoms with Gasteiger partial charge in [0.2, 0.25) is 0 Å². The number of nitrogens with one attached hydrogen (secondary N) is 3. The molecule has 0 spiro atoms. The van der Waals surface area contributed by atoms with Crippen LogP contribution in [0.3, 0.4) is 0 Å². The first-order valence-electron chi connectivity index (χ1n) is 11.8. The molecule has 0 unspecified atom stereocenters. The van der Waals surface area contributed by atoms with E-state index >= 15 is 0 Å². The molecule has 0 saturated heterocycles. The number of amidine groups is 1. The standard InChI is InChI=1S/C25H29N5O6S/c1-25(2,3)36-24(33)27-15-10-11-17-19(12-15)37(34,35)29-22(28-17)20-21(31)16-6-4-5-7-18(16)30(23(20)32)26-13-14-8-9-14/h4-7,10-12,14,26,31,34-35H,8-9,13H2,1-3H3,(H,27,33)(H,28,29). The molecule has 37 heavy (non-hydrogen) atoms. The lowest BCUT2D eigenvalue weighted by Crippen LogP contribution is -2.36. The van der Waals surface area contributed by atoms with Crippen molar-refractivity contribution in [2.75, 3.05) is 22.6 Å². The monoisotopic (exact) mass is 527 g/mol. The van der Waals surface area contributed by atoms with E-state index in [2.05, 4.69) is 20.5 Å². The van der Waals surface area contributed by atoms with Gasteiger partial charge in [-0.3, -0.25) is 19.2 Å². The second-order valence-corrected chi connectivity index (χ2v) is 11.8. The number of nitrogens with zero attached hydrogens (tertiary/aromatic N) is 2. The van der Waals surface area contributed by atoms with Crippen molar-refractivity contribution in [2.24, 2.45) is 10.3 Å². The van der Waals surface area contributed by atoms with Gasteiger partial charge in [-0.05, 0) is 69.9 Å². The third kappa shape index (κ3) is 5.08. The average molecular weight is 528 g/mol. The molecular formula is C25H29N5O6S. The highest BCUT2D eigenvalue weighted by atomic mass is 32.3. The zero-order chi connectivity index (χ0) is 26.5. The summed E-state index contributed by atoms with van der Waals surface area (Å²) in [5, 5.41) is 17.0. The lowest BCUT2D eigenvalue weighted by Gasteiger charge is -2.34. The summed E-state index contributed by atoms with van der Waals surface area (Å²) in [6.07, 6.45) is 1.47. The molecule has 1 saturated carbocycles. The van der Waals surface area contributed by atoms with Crippen molar-refractivity contribution in [3.63, 3.8) is 0 Å². The van der Waals surface area contributed by atoms with E-state index in [9.17, 15) is 23.8 Å². The number of aromatic hydroxyl groups is 1. The molecular weight excluding hydrogens is 498 g/mol. The van der Waals surface area contributed by atoms with E-state index in [-0.39, 0.29) is 33.4 Å². The highest BCUT2D eigenvalue weighted by Crippen LogP contribution is 2.56. The maximum atomic E-state index is 13.6. The Balaban J connectivity index is 1.53. The van der Waals surface area contributed by atoms with Gasteiger partial charge < -0.3 is 20.6 Å². The fourth-order valence-corrected chi connectivity index (χ4v) is 5.21. The van der Waals surface area contributed by atoms with Crippen LogP contribution in [0.5, 0.6) is 5.75 Å². The number of carbonyl (C=O) groups excluding carboxylic acids is 1. The van der Waals surface area contributed by atoms with Crippen LogP contribution < -0.4 is 21.6 Å². The Morgan fingerprint density at radius 2 is 1.95 bits per heavy atom. The molecule has 0 bridgehead atoms. The van der Waals surface area contributed by atoms with Gasteiger partial charge in [0.25, 0.3) is 5.56 Å². The molecule has 1 amide bonds. The topological polar surface area (TPSA) is 157 Å². The number of benzene rings is 2. The lowest BCUT2D eigenvalue weighted by atomic mass is 10.1. The smallest absolute Gasteiger partial charge is 0.412 e. The maximum Gasteiger partial charge on any atom is 0.412 e. The van der Waals surface area contributed by atoms with Crippen molar-refractivity contribution in [2.45, 2.75) is 44.1 Å². The third-order valence-electron chi connectivity index (χ3n) is 5.92. The average Bonchev–Trinajstić information content (AvgIpc) is 3.62. The predicted octanol–water partition coefficient (Wildman–Crippen LogP) is 4.90. The van der Waals surface area contributed by atoms with Gasteiger partial charge in [-0.15, -0.1) is 4.40 Å². The van der Waals surface area contributed by atoms with E-state index in [0.717, 1.165) is 12.8 Å². The van der Waals surface area contributed by atoms with Crippen molar-refractivity contribution in [1.82, 2.24) is 4.68 Å². The summed E-state index contributed by atoms with van der Waals surface area (Å²) in [4.78, 5) is 25.7. The van der Waals surface area contributed by atoms with Gasteiger partial charge in [-0.1, -0.05) is 22.9 Å². The van der Waals surface area contributed by atoms with Crippen LogP contribution in [0, 0.1) is 5.92 Å². The number of hydrogen-bond donors (Lipinski definition) is 6. The lowest BCUT2D eigenvalue weighted by molar-refractivity contribution is 0.0636. The predicted molar refractivity (Wildman–Crippen MR) is 144 cm³/mol. The van der Waals surface area contributed by atoms with Gasteiger partial charge >= 0.3 is 6.09 Å². The van der Waals surface area contributed by atoms with Crippen LogP contribution in [0.2, 0.25) is 0 Å². The first-order valence-corrected chi connectivity index (χ1v) is 13.3. The van der Waals surface area contributed by atoms with Crippen LogP contribution in [-0.2, 0) is 4.74 Å². The Morgan fingerprint density at radius 3 is 2.65 bits per heavy atom. The van der Waals surface area contributed by atoms with Gasteiger partial charge in [0, 0.05) is 17.6 Å². The summed E-state index contributed by atoms with van der Waals surface area (Å²) in [6, 6.07) is 11.3. The Kier molecular flexibility index (Phi) is 6.05. The molecule has 0 atom stereocenters. The van der Waals surface area contributed by atoms with E-state index in [1.807, 2.05) is 0 Å². The summed E-state index contributed by atoms with van der Waals surface area (Å²) in [6.45, 7) is 5.79. The summed E-state index contributed by atoms with van der Waals surface area (Å²) in [7, 11) is -3.79. The van der Waals surface area contributed by atoms with Crippen molar-refractivity contribution in [3.8, 4) is 5.75 Å². The number of anilines is 2. The minimum atomic E-state index is -3.79. The summed E-state index contributed by atoms with van der Waals surface area (Å²) < 4.78 is 32.5. The van der Waals surface area contributed by atoms with Crippen LogP contribution in [0.25, 0.3) is 10.9 Å². The molecule has 3 aromatic rings. The van der Waals surface area contributed by atoms with Gasteiger partial charge in [-0.25, -0.2) is 9.47 Å². The molecule has 2 aliphatic rings. The number of amides is 1.